The van der Waals surface area contributed by atoms with E-state index in [1.165, 1.54) is 11.9 Å². The number of Topliss-reactive ketones (excluding diaryl/α,β-unsaturated/α-hetero) is 1. The number of para-hydroxylation sites is 1. The van der Waals surface area contributed by atoms with Crippen LogP contribution in [0.2, 0.25) is 0 Å². The molecule has 4 amide bonds. The van der Waals surface area contributed by atoms with Gasteiger partial charge >= 0.3 is 6.09 Å². The number of likely N-dealkylation sites (tertiary alicyclic amines) is 1. The monoisotopic (exact) mass is 650 g/mol. The Kier molecular flexibility index (Phi) is 10.3. The van der Waals surface area contributed by atoms with Gasteiger partial charge < -0.3 is 30.4 Å². The minimum atomic E-state index is -1.09. The van der Waals surface area contributed by atoms with E-state index in [9.17, 15) is 24.0 Å². The highest BCUT2D eigenvalue weighted by atomic mass is 16.7. The van der Waals surface area contributed by atoms with Crippen molar-refractivity contribution in [1.29, 1.82) is 0 Å². The number of ether oxygens (including phenoxy) is 1. The number of likely N-dealkylation sites (N-methyl/N-ethyl adjacent to an activating group) is 1. The van der Waals surface area contributed by atoms with Crippen molar-refractivity contribution in [2.24, 2.45) is 10.6 Å². The maximum atomic E-state index is 14.4. The highest BCUT2D eigenvalue weighted by Gasteiger charge is 2.56. The minimum Gasteiger partial charge on any atom is -0.444 e. The Hall–Kier alpha value is -4.55. The molecule has 3 heterocycles. The molecular formula is C34H46N6O7. The first-order valence-electron chi connectivity index (χ1n) is 15.9. The summed E-state index contributed by atoms with van der Waals surface area (Å²) in [6, 6.07) is 6.30. The number of hydrogen-bond acceptors (Lipinski definition) is 9. The molecule has 1 spiro atoms. The first kappa shape index (κ1) is 35.3. The third-order valence-electron chi connectivity index (χ3n) is 8.20. The molecule has 4 rings (SSSR count). The summed E-state index contributed by atoms with van der Waals surface area (Å²) in [4.78, 5) is 78.4. The van der Waals surface area contributed by atoms with Crippen molar-refractivity contribution >= 4 is 46.2 Å². The van der Waals surface area contributed by atoms with Gasteiger partial charge in [-0.15, -0.1) is 0 Å². The largest absolute Gasteiger partial charge is 0.444 e. The zero-order chi connectivity index (χ0) is 34.7. The van der Waals surface area contributed by atoms with Crippen LogP contribution in [0.1, 0.15) is 79.7 Å². The summed E-state index contributed by atoms with van der Waals surface area (Å²) in [5, 5.41) is 13.1. The van der Waals surface area contributed by atoms with E-state index in [2.05, 4.69) is 26.1 Å². The number of rotatable bonds is 9. The number of carbonyl (C=O) groups excluding carboxylic acids is 5. The van der Waals surface area contributed by atoms with Gasteiger partial charge in [-0.2, -0.15) is 0 Å². The third-order valence-corrected chi connectivity index (χ3v) is 8.20. The number of fused-ring (bicyclic) bond motifs is 1. The Balaban J connectivity index is 1.67. The van der Waals surface area contributed by atoms with Crippen molar-refractivity contribution in [3.63, 3.8) is 0 Å². The summed E-state index contributed by atoms with van der Waals surface area (Å²) >= 11 is 0. The minimum absolute atomic E-state index is 0.0144. The predicted molar refractivity (Wildman–Crippen MR) is 175 cm³/mol. The summed E-state index contributed by atoms with van der Waals surface area (Å²) in [5.41, 5.74) is -0.492. The van der Waals surface area contributed by atoms with E-state index >= 15 is 0 Å². The normalized spacial score (nSPS) is 20.6. The summed E-state index contributed by atoms with van der Waals surface area (Å²) < 4.78 is 5.46. The highest BCUT2D eigenvalue weighted by molar-refractivity contribution is 6.38. The van der Waals surface area contributed by atoms with Crippen LogP contribution in [0.3, 0.4) is 0 Å². The number of alkyl carbamates (subject to hydrolysis) is 1. The van der Waals surface area contributed by atoms with Gasteiger partial charge in [0.05, 0.1) is 23.8 Å². The van der Waals surface area contributed by atoms with Crippen LogP contribution in [0, 0.1) is 5.41 Å². The van der Waals surface area contributed by atoms with Gasteiger partial charge in [0.15, 0.2) is 5.60 Å². The number of amides is 4. The van der Waals surface area contributed by atoms with E-state index in [0.29, 0.717) is 12.1 Å². The summed E-state index contributed by atoms with van der Waals surface area (Å²) in [7, 11) is 1.34. The highest BCUT2D eigenvalue weighted by Crippen LogP contribution is 2.40. The lowest BCUT2D eigenvalue weighted by molar-refractivity contribution is -0.144. The second-order valence-electron chi connectivity index (χ2n) is 14.3. The number of ketones is 1. The quantitative estimate of drug-likeness (QED) is 0.348. The number of benzene rings is 1. The van der Waals surface area contributed by atoms with Gasteiger partial charge in [-0.25, -0.2) is 4.79 Å². The Morgan fingerprint density at radius 3 is 2.40 bits per heavy atom. The maximum Gasteiger partial charge on any atom is 0.408 e. The van der Waals surface area contributed by atoms with Crippen LogP contribution >= 0.6 is 0 Å². The fraction of sp³-hybridized carbons (Fsp3) is 0.559. The molecule has 47 heavy (non-hydrogen) atoms. The van der Waals surface area contributed by atoms with Gasteiger partial charge in [0.25, 0.3) is 5.91 Å². The van der Waals surface area contributed by atoms with Crippen molar-refractivity contribution in [3.8, 4) is 0 Å². The van der Waals surface area contributed by atoms with Gasteiger partial charge in [0.1, 0.15) is 17.7 Å². The molecule has 0 saturated carbocycles. The number of nitrogens with zero attached hydrogens (tertiary/aromatic N) is 3. The Morgan fingerprint density at radius 2 is 1.77 bits per heavy atom. The number of aromatic nitrogens is 1. The van der Waals surface area contributed by atoms with Crippen LogP contribution < -0.4 is 16.0 Å². The SMILES string of the molecule is CCC[C@H](NC(=O)[C@@H]1C[C@]2(CC(c3cccc4cccnc34)=NO2)CN1C(=O)[C@@H](NC(=O)OC(C)(C)C)C(C)(C)C)C(=O)C(=O)NC. The van der Waals surface area contributed by atoms with Crippen LogP contribution in [0.25, 0.3) is 10.9 Å². The first-order valence-corrected chi connectivity index (χ1v) is 15.9. The molecule has 1 saturated heterocycles. The summed E-state index contributed by atoms with van der Waals surface area (Å²) in [6.07, 6.45) is 2.03. The lowest BCUT2D eigenvalue weighted by atomic mass is 9.85. The molecular weight excluding hydrogens is 604 g/mol. The van der Waals surface area contributed by atoms with Crippen molar-refractivity contribution in [1.82, 2.24) is 25.8 Å². The van der Waals surface area contributed by atoms with Gasteiger partial charge in [-0.3, -0.25) is 24.2 Å². The van der Waals surface area contributed by atoms with Crippen molar-refractivity contribution in [3.05, 3.63) is 42.1 Å². The van der Waals surface area contributed by atoms with Gasteiger partial charge in [0.2, 0.25) is 17.6 Å². The maximum absolute atomic E-state index is 14.4. The van der Waals surface area contributed by atoms with Crippen LogP contribution in [0.5, 0.6) is 0 Å². The zero-order valence-corrected chi connectivity index (χ0v) is 28.4. The van der Waals surface area contributed by atoms with Crippen molar-refractivity contribution in [2.45, 2.75) is 103 Å². The molecule has 13 heteroatoms. The molecule has 0 radical (unpaired) electrons. The molecule has 3 N–H and O–H groups in total. The lowest BCUT2D eigenvalue weighted by Gasteiger charge is -2.36. The number of hydrogen-bond donors (Lipinski definition) is 3. The molecule has 0 unspecified atom stereocenters. The van der Waals surface area contributed by atoms with E-state index in [-0.39, 0.29) is 25.8 Å². The molecule has 2 aromatic rings. The molecule has 2 aliphatic heterocycles. The van der Waals surface area contributed by atoms with Crippen LogP contribution in [-0.4, -0.2) is 88.1 Å². The standard InChI is InChI=1S/C34H46N6O7/c1-9-12-22(26(41)29(43)35-8)37-28(42)24-18-34(17-23(39-47-34)21-15-10-13-20-14-11-16-36-25(20)21)19-40(24)30(44)27(32(2,3)4)38-31(45)46-33(5,6)7/h10-11,13-16,22,24,27H,9,12,17-19H2,1-8H3,(H,35,43)(H,37,42)(H,38,45)/t22-,24-,27+,34+/m0/s1. The van der Waals surface area contributed by atoms with Crippen LogP contribution in [0.15, 0.2) is 41.7 Å². The van der Waals surface area contributed by atoms with Gasteiger partial charge in [0, 0.05) is 37.0 Å². The molecule has 0 bridgehead atoms. The fourth-order valence-electron chi connectivity index (χ4n) is 5.96. The number of pyridine rings is 1. The Labute approximate surface area is 275 Å². The fourth-order valence-corrected chi connectivity index (χ4v) is 5.96. The predicted octanol–water partition coefficient (Wildman–Crippen LogP) is 3.24. The first-order chi connectivity index (χ1) is 22.0. The molecule has 13 nitrogen and oxygen atoms in total. The third kappa shape index (κ3) is 8.06. The van der Waals surface area contributed by atoms with Gasteiger partial charge in [-0.05, 0) is 38.7 Å². The topological polar surface area (TPSA) is 168 Å². The van der Waals surface area contributed by atoms with Crippen LogP contribution in [0.4, 0.5) is 4.79 Å². The van der Waals surface area contributed by atoms with E-state index in [0.717, 1.165) is 16.5 Å². The van der Waals surface area contributed by atoms with Crippen molar-refractivity contribution < 1.29 is 33.5 Å². The molecule has 1 aromatic carbocycles. The molecule has 4 atom stereocenters. The average molecular weight is 651 g/mol. The average Bonchev–Trinajstić information content (AvgIpc) is 3.60. The summed E-state index contributed by atoms with van der Waals surface area (Å²) in [5.74, 6) is -2.73. The van der Waals surface area contributed by atoms with Crippen molar-refractivity contribution in [2.75, 3.05) is 13.6 Å². The van der Waals surface area contributed by atoms with Gasteiger partial charge in [-0.1, -0.05) is 63.5 Å². The van der Waals surface area contributed by atoms with E-state index < -0.39 is 64.3 Å². The van der Waals surface area contributed by atoms with E-state index in [1.807, 2.05) is 37.3 Å². The van der Waals surface area contributed by atoms with Crippen LogP contribution in [-0.2, 0) is 28.8 Å². The number of oxime groups is 1. The molecule has 0 aliphatic carbocycles. The Morgan fingerprint density at radius 1 is 1.06 bits per heavy atom. The summed E-state index contributed by atoms with van der Waals surface area (Å²) in [6.45, 7) is 12.4. The molecule has 1 aromatic heterocycles. The van der Waals surface area contributed by atoms with E-state index in [4.69, 9.17) is 9.57 Å². The molecule has 254 valence electrons. The van der Waals surface area contributed by atoms with E-state index in [1.54, 1.807) is 47.7 Å². The molecule has 1 fully saturated rings. The number of carbonyl (C=O) groups is 5. The Bertz CT molecular complexity index is 1570. The second kappa shape index (κ2) is 13.7. The molecule has 2 aliphatic rings. The smallest absolute Gasteiger partial charge is 0.408 e. The lowest BCUT2D eigenvalue weighted by Crippen LogP contribution is -2.59. The number of nitrogens with one attached hydrogen (secondary N) is 3. The second-order valence-corrected chi connectivity index (χ2v) is 14.3. The zero-order valence-electron chi connectivity index (χ0n) is 28.4.